The Labute approximate surface area is 193 Å². The Hall–Kier alpha value is -4.59. The molecule has 3 aromatic rings. The van der Waals surface area contributed by atoms with E-state index in [1.54, 1.807) is 30.5 Å². The van der Waals surface area contributed by atoms with Crippen LogP contribution in [0.2, 0.25) is 0 Å². The van der Waals surface area contributed by atoms with Crippen LogP contribution in [-0.2, 0) is 16.1 Å². The number of nitrogen functional groups attached to an aromatic ring is 2. The first-order valence-electron chi connectivity index (χ1n) is 10.0. The standard InChI is InChI=1S/C20H23N9O5/c1-29(9-11-8-23-17-15(24-11)16(21)26-20(22)27-17)12-4-2-10(3-5-12)18(31)25-13(19(32)33)6-7-14(30)28-34/h2-5,8,13,34H,6-7,9H2,1H3,(H,25,31)(H,28,30)(H,32,33)(H4,21,22,23,26,27). The Balaban J connectivity index is 1.66. The number of rotatable bonds is 9. The first-order chi connectivity index (χ1) is 16.2. The van der Waals surface area contributed by atoms with Crippen LogP contribution in [0.5, 0.6) is 0 Å². The van der Waals surface area contributed by atoms with Gasteiger partial charge in [0.2, 0.25) is 11.9 Å². The number of nitrogens with one attached hydrogen (secondary N) is 2. The maximum Gasteiger partial charge on any atom is 0.326 e. The number of carboxylic acid groups (broad SMARTS) is 1. The summed E-state index contributed by atoms with van der Waals surface area (Å²) in [5.74, 6) is -2.50. The van der Waals surface area contributed by atoms with Crippen LogP contribution in [0, 0.1) is 0 Å². The molecule has 178 valence electrons. The van der Waals surface area contributed by atoms with Gasteiger partial charge < -0.3 is 26.8 Å². The quantitative estimate of drug-likeness (QED) is 0.175. The molecule has 8 N–H and O–H groups in total. The number of hydrogen-bond acceptors (Lipinski definition) is 11. The van der Waals surface area contributed by atoms with Crippen molar-refractivity contribution in [1.82, 2.24) is 30.7 Å². The maximum absolute atomic E-state index is 12.4. The molecule has 0 saturated heterocycles. The third-order valence-electron chi connectivity index (χ3n) is 4.86. The molecule has 0 aliphatic rings. The Kier molecular flexibility index (Phi) is 7.33. The van der Waals surface area contributed by atoms with Crippen LogP contribution in [0.3, 0.4) is 0 Å². The van der Waals surface area contributed by atoms with E-state index in [1.807, 2.05) is 11.9 Å². The molecule has 14 nitrogen and oxygen atoms in total. The second kappa shape index (κ2) is 10.4. The average molecular weight is 469 g/mol. The lowest BCUT2D eigenvalue weighted by Crippen LogP contribution is -2.41. The minimum Gasteiger partial charge on any atom is -0.480 e. The van der Waals surface area contributed by atoms with Crippen molar-refractivity contribution in [1.29, 1.82) is 0 Å². The van der Waals surface area contributed by atoms with Crippen LogP contribution < -0.4 is 27.2 Å². The van der Waals surface area contributed by atoms with E-state index in [9.17, 15) is 19.5 Å². The van der Waals surface area contributed by atoms with Crippen LogP contribution in [0.15, 0.2) is 30.5 Å². The molecule has 0 aliphatic heterocycles. The van der Waals surface area contributed by atoms with E-state index in [-0.39, 0.29) is 30.2 Å². The van der Waals surface area contributed by atoms with Gasteiger partial charge in [-0.05, 0) is 30.7 Å². The van der Waals surface area contributed by atoms with Crippen LogP contribution in [0.25, 0.3) is 11.2 Å². The van der Waals surface area contributed by atoms with Crippen LogP contribution in [-0.4, -0.2) is 61.1 Å². The van der Waals surface area contributed by atoms with Crippen LogP contribution in [0.1, 0.15) is 28.9 Å². The van der Waals surface area contributed by atoms with Crippen LogP contribution >= 0.6 is 0 Å². The fourth-order valence-corrected chi connectivity index (χ4v) is 3.09. The fraction of sp³-hybridized carbons (Fsp3) is 0.250. The zero-order chi connectivity index (χ0) is 24.8. The van der Waals surface area contributed by atoms with E-state index in [1.165, 1.54) is 5.48 Å². The van der Waals surface area contributed by atoms with E-state index in [2.05, 4.69) is 25.3 Å². The molecule has 2 heterocycles. The predicted octanol–water partition coefficient (Wildman–Crippen LogP) is -0.311. The molecule has 2 amide bonds. The molecule has 0 saturated carbocycles. The zero-order valence-corrected chi connectivity index (χ0v) is 18.1. The van der Waals surface area contributed by atoms with Crippen molar-refractivity contribution in [2.24, 2.45) is 0 Å². The topological polar surface area (TPSA) is 223 Å². The monoisotopic (exact) mass is 469 g/mol. The average Bonchev–Trinajstić information content (AvgIpc) is 2.81. The van der Waals surface area contributed by atoms with Gasteiger partial charge in [0, 0.05) is 24.7 Å². The SMILES string of the molecule is CN(Cc1cnc2nc(N)nc(N)c2n1)c1ccc(C(=O)NC(CCC(=O)NO)C(=O)O)cc1. The number of amides is 2. The van der Waals surface area contributed by atoms with Gasteiger partial charge in [0.05, 0.1) is 18.4 Å². The van der Waals surface area contributed by atoms with Gasteiger partial charge in [-0.2, -0.15) is 9.97 Å². The third kappa shape index (κ3) is 5.80. The largest absolute Gasteiger partial charge is 0.480 e. The number of carboxylic acids is 1. The predicted molar refractivity (Wildman–Crippen MR) is 121 cm³/mol. The number of anilines is 3. The molecule has 3 rings (SSSR count). The first-order valence-corrected chi connectivity index (χ1v) is 10.0. The molecule has 1 unspecified atom stereocenters. The minimum atomic E-state index is -1.29. The number of hydroxylamine groups is 1. The lowest BCUT2D eigenvalue weighted by atomic mass is 10.1. The molecule has 0 bridgehead atoms. The summed E-state index contributed by atoms with van der Waals surface area (Å²) in [4.78, 5) is 53.3. The van der Waals surface area contributed by atoms with E-state index >= 15 is 0 Å². The van der Waals surface area contributed by atoms with Gasteiger partial charge in [-0.25, -0.2) is 20.2 Å². The molecular weight excluding hydrogens is 446 g/mol. The van der Waals surface area contributed by atoms with Crippen molar-refractivity contribution < 1.29 is 24.7 Å². The van der Waals surface area contributed by atoms with Crippen molar-refractivity contribution >= 4 is 46.4 Å². The number of nitrogens with two attached hydrogens (primary N) is 2. The number of carbonyl (C=O) groups excluding carboxylic acids is 2. The second-order valence-electron chi connectivity index (χ2n) is 7.34. The van der Waals surface area contributed by atoms with Crippen molar-refractivity contribution in [2.45, 2.75) is 25.4 Å². The van der Waals surface area contributed by atoms with Gasteiger partial charge in [-0.1, -0.05) is 0 Å². The number of nitrogens with zero attached hydrogens (tertiary/aromatic N) is 5. The number of hydrogen-bond donors (Lipinski definition) is 6. The summed E-state index contributed by atoms with van der Waals surface area (Å²) in [6.45, 7) is 0.367. The number of aliphatic carboxylic acids is 1. The Morgan fingerprint density at radius 3 is 2.47 bits per heavy atom. The summed E-state index contributed by atoms with van der Waals surface area (Å²) in [5, 5.41) is 20.1. The van der Waals surface area contributed by atoms with Crippen molar-refractivity contribution in [3.8, 4) is 0 Å². The molecule has 0 radical (unpaired) electrons. The zero-order valence-electron chi connectivity index (χ0n) is 18.1. The number of aromatic nitrogens is 4. The summed E-state index contributed by atoms with van der Waals surface area (Å²) in [5.41, 5.74) is 15.1. The Bertz CT molecular complexity index is 1220. The van der Waals surface area contributed by atoms with Gasteiger partial charge >= 0.3 is 5.97 Å². The van der Waals surface area contributed by atoms with Crippen molar-refractivity contribution in [3.63, 3.8) is 0 Å². The lowest BCUT2D eigenvalue weighted by molar-refractivity contribution is -0.139. The third-order valence-corrected chi connectivity index (χ3v) is 4.86. The normalized spacial score (nSPS) is 11.6. The van der Waals surface area contributed by atoms with Gasteiger partial charge in [0.1, 0.15) is 6.04 Å². The molecular formula is C20H23N9O5. The number of fused-ring (bicyclic) bond motifs is 1. The highest BCUT2D eigenvalue weighted by molar-refractivity contribution is 5.97. The van der Waals surface area contributed by atoms with Gasteiger partial charge in [0.15, 0.2) is 17.0 Å². The second-order valence-corrected chi connectivity index (χ2v) is 7.34. The van der Waals surface area contributed by atoms with E-state index < -0.39 is 23.8 Å². The molecule has 1 atom stereocenters. The maximum atomic E-state index is 12.4. The highest BCUT2D eigenvalue weighted by Crippen LogP contribution is 2.19. The van der Waals surface area contributed by atoms with E-state index in [4.69, 9.17) is 16.7 Å². The summed E-state index contributed by atoms with van der Waals surface area (Å²) in [7, 11) is 1.82. The summed E-state index contributed by atoms with van der Waals surface area (Å²) in [6, 6.07) is 5.18. The highest BCUT2D eigenvalue weighted by atomic mass is 16.5. The van der Waals surface area contributed by atoms with Crippen molar-refractivity contribution in [2.75, 3.05) is 23.4 Å². The number of benzene rings is 1. The van der Waals surface area contributed by atoms with E-state index in [0.717, 1.165) is 5.69 Å². The fourth-order valence-electron chi connectivity index (χ4n) is 3.09. The molecule has 0 aliphatic carbocycles. The minimum absolute atomic E-state index is 0.0126. The molecule has 0 fully saturated rings. The van der Waals surface area contributed by atoms with Crippen LogP contribution in [0.4, 0.5) is 17.5 Å². The van der Waals surface area contributed by atoms with E-state index in [0.29, 0.717) is 23.4 Å². The summed E-state index contributed by atoms with van der Waals surface area (Å²) < 4.78 is 0. The van der Waals surface area contributed by atoms with Gasteiger partial charge in [-0.3, -0.25) is 14.8 Å². The van der Waals surface area contributed by atoms with Gasteiger partial charge in [0.25, 0.3) is 5.91 Å². The molecule has 34 heavy (non-hydrogen) atoms. The molecule has 14 heteroatoms. The Morgan fingerprint density at radius 2 is 1.82 bits per heavy atom. The Morgan fingerprint density at radius 1 is 1.12 bits per heavy atom. The first kappa shape index (κ1) is 24.1. The summed E-state index contributed by atoms with van der Waals surface area (Å²) in [6.07, 6.45) is 1.11. The lowest BCUT2D eigenvalue weighted by Gasteiger charge is -2.19. The molecule has 1 aromatic carbocycles. The molecule has 0 spiro atoms. The highest BCUT2D eigenvalue weighted by Gasteiger charge is 2.22. The van der Waals surface area contributed by atoms with Crippen molar-refractivity contribution in [3.05, 3.63) is 41.7 Å². The van der Waals surface area contributed by atoms with Gasteiger partial charge in [-0.15, -0.1) is 0 Å². The number of carbonyl (C=O) groups is 3. The smallest absolute Gasteiger partial charge is 0.326 e. The summed E-state index contributed by atoms with van der Waals surface area (Å²) >= 11 is 0. The molecule has 2 aromatic heterocycles.